The normalized spacial score (nSPS) is 22.8. The predicted molar refractivity (Wildman–Crippen MR) is 61.1 cm³/mol. The van der Waals surface area contributed by atoms with Crippen molar-refractivity contribution in [1.82, 2.24) is 20.4 Å². The third-order valence-corrected chi connectivity index (χ3v) is 3.15. The second-order valence-electron chi connectivity index (χ2n) is 4.70. The Labute approximate surface area is 96.2 Å². The van der Waals surface area contributed by atoms with Crippen molar-refractivity contribution < 1.29 is 4.52 Å². The maximum Gasteiger partial charge on any atom is 0.213 e. The van der Waals surface area contributed by atoms with E-state index >= 15 is 0 Å². The molecule has 0 aromatic carbocycles. The summed E-state index contributed by atoms with van der Waals surface area (Å²) < 4.78 is 4.72. The molecule has 90 valence electrons. The van der Waals surface area contributed by atoms with Crippen LogP contribution in [0.15, 0.2) is 10.9 Å². The standard InChI is InChI=1S/C11H20N4O/c1-9(2)10-7-15(6-4-12-10)5-3-11-13-8-16-14-11/h8-10,12H,3-7H2,1-2H3. The zero-order chi connectivity index (χ0) is 11.4. The van der Waals surface area contributed by atoms with Crippen molar-refractivity contribution in [2.45, 2.75) is 26.3 Å². The van der Waals surface area contributed by atoms with Crippen molar-refractivity contribution in [2.24, 2.45) is 5.92 Å². The van der Waals surface area contributed by atoms with Crippen LogP contribution in [0.4, 0.5) is 0 Å². The van der Waals surface area contributed by atoms with Crippen LogP contribution in [0.5, 0.6) is 0 Å². The quantitative estimate of drug-likeness (QED) is 0.809. The van der Waals surface area contributed by atoms with Crippen LogP contribution in [0.3, 0.4) is 0 Å². The highest BCUT2D eigenvalue weighted by molar-refractivity contribution is 4.84. The van der Waals surface area contributed by atoms with Crippen molar-refractivity contribution >= 4 is 0 Å². The van der Waals surface area contributed by atoms with Gasteiger partial charge in [0, 0.05) is 38.6 Å². The number of nitrogens with one attached hydrogen (secondary N) is 1. The average molecular weight is 224 g/mol. The van der Waals surface area contributed by atoms with Crippen molar-refractivity contribution in [1.29, 1.82) is 0 Å². The van der Waals surface area contributed by atoms with Gasteiger partial charge in [-0.15, -0.1) is 0 Å². The topological polar surface area (TPSA) is 54.2 Å². The van der Waals surface area contributed by atoms with Crippen LogP contribution in [-0.2, 0) is 6.42 Å². The molecule has 1 fully saturated rings. The van der Waals surface area contributed by atoms with Crippen LogP contribution >= 0.6 is 0 Å². The van der Waals surface area contributed by atoms with Crippen LogP contribution < -0.4 is 5.32 Å². The van der Waals surface area contributed by atoms with E-state index in [4.69, 9.17) is 4.52 Å². The Bertz CT molecular complexity index is 299. The third-order valence-electron chi connectivity index (χ3n) is 3.15. The molecule has 1 aliphatic rings. The Kier molecular flexibility index (Phi) is 3.90. The van der Waals surface area contributed by atoms with E-state index in [2.05, 4.69) is 34.2 Å². The summed E-state index contributed by atoms with van der Waals surface area (Å²) >= 11 is 0. The van der Waals surface area contributed by atoms with Gasteiger partial charge in [0.2, 0.25) is 6.39 Å². The van der Waals surface area contributed by atoms with Crippen molar-refractivity contribution in [3.63, 3.8) is 0 Å². The molecule has 1 N–H and O–H groups in total. The van der Waals surface area contributed by atoms with E-state index in [9.17, 15) is 0 Å². The van der Waals surface area contributed by atoms with Gasteiger partial charge in [-0.25, -0.2) is 0 Å². The van der Waals surface area contributed by atoms with E-state index in [0.29, 0.717) is 12.0 Å². The molecular weight excluding hydrogens is 204 g/mol. The number of nitrogens with zero attached hydrogens (tertiary/aromatic N) is 3. The number of hydrogen-bond donors (Lipinski definition) is 1. The van der Waals surface area contributed by atoms with Gasteiger partial charge in [0.1, 0.15) is 0 Å². The summed E-state index contributed by atoms with van der Waals surface area (Å²) in [5.41, 5.74) is 0. The molecule has 0 saturated carbocycles. The summed E-state index contributed by atoms with van der Waals surface area (Å²) in [6.45, 7) is 8.86. The fourth-order valence-electron chi connectivity index (χ4n) is 2.05. The smallest absolute Gasteiger partial charge is 0.213 e. The van der Waals surface area contributed by atoms with E-state index in [0.717, 1.165) is 38.4 Å². The van der Waals surface area contributed by atoms with Gasteiger partial charge in [-0.05, 0) is 5.92 Å². The van der Waals surface area contributed by atoms with Gasteiger partial charge in [0.15, 0.2) is 5.82 Å². The molecule has 1 unspecified atom stereocenters. The van der Waals surface area contributed by atoms with Crippen molar-refractivity contribution in [3.8, 4) is 0 Å². The maximum atomic E-state index is 4.72. The Morgan fingerprint density at radius 3 is 3.19 bits per heavy atom. The fraction of sp³-hybridized carbons (Fsp3) is 0.818. The molecule has 1 aromatic heterocycles. The zero-order valence-electron chi connectivity index (χ0n) is 10.0. The minimum absolute atomic E-state index is 0.610. The molecule has 0 bridgehead atoms. The first-order chi connectivity index (χ1) is 7.75. The molecule has 0 radical (unpaired) electrons. The Morgan fingerprint density at radius 1 is 1.62 bits per heavy atom. The Hall–Kier alpha value is -0.940. The Balaban J connectivity index is 1.77. The lowest BCUT2D eigenvalue weighted by Crippen LogP contribution is -2.53. The first-order valence-electron chi connectivity index (χ1n) is 5.96. The first kappa shape index (κ1) is 11.5. The summed E-state index contributed by atoms with van der Waals surface area (Å²) in [6, 6.07) is 0.610. The van der Waals surface area contributed by atoms with Crippen LogP contribution in [0.25, 0.3) is 0 Å². The second kappa shape index (κ2) is 5.41. The number of hydrogen-bond acceptors (Lipinski definition) is 5. The number of piperazine rings is 1. The van der Waals surface area contributed by atoms with E-state index in [1.165, 1.54) is 6.39 Å². The van der Waals surface area contributed by atoms with Crippen molar-refractivity contribution in [2.75, 3.05) is 26.2 Å². The van der Waals surface area contributed by atoms with Gasteiger partial charge in [-0.1, -0.05) is 19.0 Å². The molecule has 1 aliphatic heterocycles. The lowest BCUT2D eigenvalue weighted by molar-refractivity contribution is 0.176. The van der Waals surface area contributed by atoms with E-state index in [1.807, 2.05) is 0 Å². The van der Waals surface area contributed by atoms with E-state index in [1.54, 1.807) is 0 Å². The largest absolute Gasteiger partial charge is 0.343 e. The van der Waals surface area contributed by atoms with E-state index < -0.39 is 0 Å². The summed E-state index contributed by atoms with van der Waals surface area (Å²) in [6.07, 6.45) is 2.27. The highest BCUT2D eigenvalue weighted by atomic mass is 16.5. The molecule has 5 heteroatoms. The second-order valence-corrected chi connectivity index (χ2v) is 4.70. The molecule has 1 aromatic rings. The molecule has 0 aliphatic carbocycles. The van der Waals surface area contributed by atoms with Gasteiger partial charge < -0.3 is 14.7 Å². The van der Waals surface area contributed by atoms with Gasteiger partial charge in [-0.2, -0.15) is 4.98 Å². The molecular formula is C11H20N4O. The average Bonchev–Trinajstić information content (AvgIpc) is 2.79. The van der Waals surface area contributed by atoms with Gasteiger partial charge in [0.05, 0.1) is 0 Å². The van der Waals surface area contributed by atoms with E-state index in [-0.39, 0.29) is 0 Å². The zero-order valence-corrected chi connectivity index (χ0v) is 10.0. The van der Waals surface area contributed by atoms with Crippen LogP contribution in [0.2, 0.25) is 0 Å². The summed E-state index contributed by atoms with van der Waals surface area (Å²) in [4.78, 5) is 6.50. The fourth-order valence-corrected chi connectivity index (χ4v) is 2.05. The third kappa shape index (κ3) is 3.02. The van der Waals surface area contributed by atoms with Gasteiger partial charge >= 0.3 is 0 Å². The van der Waals surface area contributed by atoms with Crippen LogP contribution in [0.1, 0.15) is 19.7 Å². The molecule has 2 heterocycles. The monoisotopic (exact) mass is 224 g/mol. The highest BCUT2D eigenvalue weighted by Gasteiger charge is 2.21. The maximum absolute atomic E-state index is 4.72. The molecule has 1 saturated heterocycles. The summed E-state index contributed by atoms with van der Waals surface area (Å²) in [7, 11) is 0. The molecule has 2 rings (SSSR count). The van der Waals surface area contributed by atoms with Gasteiger partial charge in [0.25, 0.3) is 0 Å². The SMILES string of the molecule is CC(C)C1CN(CCc2ncon2)CCN1. The molecule has 0 spiro atoms. The molecule has 5 nitrogen and oxygen atoms in total. The number of rotatable bonds is 4. The minimum atomic E-state index is 0.610. The molecule has 16 heavy (non-hydrogen) atoms. The summed E-state index contributed by atoms with van der Waals surface area (Å²) in [5.74, 6) is 1.49. The van der Waals surface area contributed by atoms with Gasteiger partial charge in [-0.3, -0.25) is 0 Å². The number of aromatic nitrogens is 2. The summed E-state index contributed by atoms with van der Waals surface area (Å²) in [5, 5.41) is 7.38. The predicted octanol–water partition coefficient (Wildman–Crippen LogP) is 0.542. The van der Waals surface area contributed by atoms with Crippen LogP contribution in [0, 0.1) is 5.92 Å². The van der Waals surface area contributed by atoms with Crippen molar-refractivity contribution in [3.05, 3.63) is 12.2 Å². The molecule has 1 atom stereocenters. The lowest BCUT2D eigenvalue weighted by Gasteiger charge is -2.35. The Morgan fingerprint density at radius 2 is 2.50 bits per heavy atom. The minimum Gasteiger partial charge on any atom is -0.343 e. The van der Waals surface area contributed by atoms with Crippen LogP contribution in [-0.4, -0.2) is 47.3 Å². The highest BCUT2D eigenvalue weighted by Crippen LogP contribution is 2.08. The first-order valence-corrected chi connectivity index (χ1v) is 5.96. The molecule has 0 amide bonds. The lowest BCUT2D eigenvalue weighted by atomic mass is 10.0.